The highest BCUT2D eigenvalue weighted by atomic mass is 16.3. The van der Waals surface area contributed by atoms with E-state index in [0.29, 0.717) is 5.76 Å². The molecule has 0 aliphatic carbocycles. The SMILES string of the molecule is CCC(/C=C(\O)c1ccccc1)c1ccccc1. The largest absolute Gasteiger partial charge is 0.508 e. The van der Waals surface area contributed by atoms with E-state index in [1.165, 1.54) is 5.56 Å². The Morgan fingerprint density at radius 1 is 1.00 bits per heavy atom. The number of aliphatic hydroxyl groups is 1. The quantitative estimate of drug-likeness (QED) is 0.760. The van der Waals surface area contributed by atoms with Gasteiger partial charge in [-0.1, -0.05) is 67.6 Å². The summed E-state index contributed by atoms with van der Waals surface area (Å²) in [5.41, 5.74) is 2.11. The van der Waals surface area contributed by atoms with E-state index in [1.54, 1.807) is 0 Å². The summed E-state index contributed by atoms with van der Waals surface area (Å²) in [6.45, 7) is 2.13. The van der Waals surface area contributed by atoms with Crippen LogP contribution >= 0.6 is 0 Å². The van der Waals surface area contributed by atoms with Crippen LogP contribution < -0.4 is 0 Å². The van der Waals surface area contributed by atoms with E-state index in [1.807, 2.05) is 54.6 Å². The van der Waals surface area contributed by atoms with Crippen LogP contribution in [0.2, 0.25) is 0 Å². The normalized spacial score (nSPS) is 13.3. The molecular weight excluding hydrogens is 220 g/mol. The molecule has 1 N–H and O–H groups in total. The molecule has 1 unspecified atom stereocenters. The van der Waals surface area contributed by atoms with Crippen molar-refractivity contribution in [3.8, 4) is 0 Å². The van der Waals surface area contributed by atoms with Gasteiger partial charge in [0.15, 0.2) is 0 Å². The van der Waals surface area contributed by atoms with Crippen LogP contribution in [0.15, 0.2) is 66.7 Å². The average Bonchev–Trinajstić information content (AvgIpc) is 2.46. The molecule has 2 aromatic carbocycles. The van der Waals surface area contributed by atoms with Crippen molar-refractivity contribution < 1.29 is 5.11 Å². The second kappa shape index (κ2) is 6.06. The maximum absolute atomic E-state index is 10.1. The van der Waals surface area contributed by atoms with Crippen LogP contribution in [0.3, 0.4) is 0 Å². The highest BCUT2D eigenvalue weighted by Gasteiger charge is 2.08. The zero-order valence-electron chi connectivity index (χ0n) is 10.6. The fourth-order valence-corrected chi connectivity index (χ4v) is 2.05. The molecule has 0 amide bonds. The zero-order chi connectivity index (χ0) is 12.8. The van der Waals surface area contributed by atoms with Gasteiger partial charge in [-0.05, 0) is 18.1 Å². The molecule has 0 saturated heterocycles. The first-order chi connectivity index (χ1) is 8.81. The number of rotatable bonds is 4. The predicted octanol–water partition coefficient (Wildman–Crippen LogP) is 4.78. The molecule has 0 heterocycles. The van der Waals surface area contributed by atoms with Crippen molar-refractivity contribution in [1.82, 2.24) is 0 Å². The number of hydrogen-bond acceptors (Lipinski definition) is 1. The minimum Gasteiger partial charge on any atom is -0.508 e. The molecule has 2 rings (SSSR count). The van der Waals surface area contributed by atoms with Crippen LogP contribution in [-0.2, 0) is 0 Å². The minimum absolute atomic E-state index is 0.256. The molecule has 18 heavy (non-hydrogen) atoms. The lowest BCUT2D eigenvalue weighted by Crippen LogP contribution is -1.95. The first kappa shape index (κ1) is 12.4. The Balaban J connectivity index is 2.25. The monoisotopic (exact) mass is 238 g/mol. The van der Waals surface area contributed by atoms with E-state index < -0.39 is 0 Å². The Morgan fingerprint density at radius 3 is 2.11 bits per heavy atom. The van der Waals surface area contributed by atoms with Crippen molar-refractivity contribution in [2.45, 2.75) is 19.3 Å². The molecular formula is C17H18O. The lowest BCUT2D eigenvalue weighted by Gasteiger charge is -2.11. The summed E-state index contributed by atoms with van der Waals surface area (Å²) in [7, 11) is 0. The highest BCUT2D eigenvalue weighted by Crippen LogP contribution is 2.24. The fraction of sp³-hybridized carbons (Fsp3) is 0.176. The summed E-state index contributed by atoms with van der Waals surface area (Å²) in [6.07, 6.45) is 2.91. The Morgan fingerprint density at radius 2 is 1.56 bits per heavy atom. The highest BCUT2D eigenvalue weighted by molar-refractivity contribution is 5.59. The van der Waals surface area contributed by atoms with Crippen molar-refractivity contribution in [3.63, 3.8) is 0 Å². The number of hydrogen-bond donors (Lipinski definition) is 1. The molecule has 0 aliphatic heterocycles. The molecule has 92 valence electrons. The van der Waals surface area contributed by atoms with Crippen LogP contribution in [0.5, 0.6) is 0 Å². The van der Waals surface area contributed by atoms with Crippen molar-refractivity contribution in [2.24, 2.45) is 0 Å². The molecule has 0 fully saturated rings. The van der Waals surface area contributed by atoms with Crippen molar-refractivity contribution >= 4 is 5.76 Å². The molecule has 0 aromatic heterocycles. The van der Waals surface area contributed by atoms with Crippen LogP contribution in [0, 0.1) is 0 Å². The molecule has 0 spiro atoms. The molecule has 0 saturated carbocycles. The Hall–Kier alpha value is -2.02. The number of benzene rings is 2. The third-order valence-corrected chi connectivity index (χ3v) is 3.10. The topological polar surface area (TPSA) is 20.2 Å². The molecule has 1 nitrogen and oxygen atoms in total. The van der Waals surface area contributed by atoms with Gasteiger partial charge in [0.2, 0.25) is 0 Å². The van der Waals surface area contributed by atoms with Crippen molar-refractivity contribution in [3.05, 3.63) is 77.9 Å². The van der Waals surface area contributed by atoms with Gasteiger partial charge >= 0.3 is 0 Å². The van der Waals surface area contributed by atoms with Crippen LogP contribution in [-0.4, -0.2) is 5.11 Å². The first-order valence-electron chi connectivity index (χ1n) is 6.32. The maximum atomic E-state index is 10.1. The van der Waals surface area contributed by atoms with Crippen molar-refractivity contribution in [1.29, 1.82) is 0 Å². The number of allylic oxidation sites excluding steroid dienone is 1. The van der Waals surface area contributed by atoms with Crippen LogP contribution in [0.4, 0.5) is 0 Å². The Labute approximate surface area is 108 Å². The van der Waals surface area contributed by atoms with E-state index in [9.17, 15) is 5.11 Å². The standard InChI is InChI=1S/C17H18O/c1-2-14(15-9-5-3-6-10-15)13-17(18)16-11-7-4-8-12-16/h3-14,18H,2H2,1H3/b17-13-. The Kier molecular flexibility index (Phi) is 4.19. The maximum Gasteiger partial charge on any atom is 0.119 e. The predicted molar refractivity (Wildman–Crippen MR) is 76.5 cm³/mol. The molecule has 0 aliphatic rings. The van der Waals surface area contributed by atoms with Crippen LogP contribution in [0.25, 0.3) is 5.76 Å². The zero-order valence-corrected chi connectivity index (χ0v) is 10.6. The summed E-state index contributed by atoms with van der Waals surface area (Å²) in [5, 5.41) is 10.1. The van der Waals surface area contributed by atoms with Gasteiger partial charge in [-0.15, -0.1) is 0 Å². The van der Waals surface area contributed by atoms with E-state index in [-0.39, 0.29) is 5.92 Å². The molecule has 1 atom stereocenters. The van der Waals surface area contributed by atoms with Gasteiger partial charge in [0.25, 0.3) is 0 Å². The van der Waals surface area contributed by atoms with E-state index in [2.05, 4.69) is 19.1 Å². The molecule has 2 aromatic rings. The van der Waals surface area contributed by atoms with Gasteiger partial charge in [-0.2, -0.15) is 0 Å². The molecule has 0 bridgehead atoms. The van der Waals surface area contributed by atoms with Crippen molar-refractivity contribution in [2.75, 3.05) is 0 Å². The lowest BCUT2D eigenvalue weighted by molar-refractivity contribution is 0.506. The molecule has 0 radical (unpaired) electrons. The average molecular weight is 238 g/mol. The van der Waals surface area contributed by atoms with Gasteiger partial charge in [-0.25, -0.2) is 0 Å². The summed E-state index contributed by atoms with van der Waals surface area (Å²) in [5.74, 6) is 0.609. The van der Waals surface area contributed by atoms with Gasteiger partial charge in [0.1, 0.15) is 5.76 Å². The van der Waals surface area contributed by atoms with E-state index >= 15 is 0 Å². The smallest absolute Gasteiger partial charge is 0.119 e. The number of aliphatic hydroxyl groups excluding tert-OH is 1. The van der Waals surface area contributed by atoms with E-state index in [0.717, 1.165) is 12.0 Å². The van der Waals surface area contributed by atoms with Gasteiger partial charge in [0.05, 0.1) is 0 Å². The second-order valence-corrected chi connectivity index (χ2v) is 4.34. The first-order valence-corrected chi connectivity index (χ1v) is 6.32. The van der Waals surface area contributed by atoms with Gasteiger partial charge < -0.3 is 5.11 Å². The summed E-state index contributed by atoms with van der Waals surface area (Å²) in [6, 6.07) is 19.9. The summed E-state index contributed by atoms with van der Waals surface area (Å²) in [4.78, 5) is 0. The Bertz CT molecular complexity index is 500. The van der Waals surface area contributed by atoms with Gasteiger partial charge in [0, 0.05) is 11.5 Å². The van der Waals surface area contributed by atoms with E-state index in [4.69, 9.17) is 0 Å². The molecule has 1 heteroatoms. The lowest BCUT2D eigenvalue weighted by atomic mass is 9.95. The second-order valence-electron chi connectivity index (χ2n) is 4.34. The third-order valence-electron chi connectivity index (χ3n) is 3.10. The third kappa shape index (κ3) is 3.01. The summed E-state index contributed by atoms with van der Waals surface area (Å²) < 4.78 is 0. The fourth-order valence-electron chi connectivity index (χ4n) is 2.05. The van der Waals surface area contributed by atoms with Crippen LogP contribution in [0.1, 0.15) is 30.4 Å². The summed E-state index contributed by atoms with van der Waals surface area (Å²) >= 11 is 0. The van der Waals surface area contributed by atoms with Gasteiger partial charge in [-0.3, -0.25) is 0 Å². The minimum atomic E-state index is 0.256.